The maximum Gasteiger partial charge on any atom is 0.127 e. The van der Waals surface area contributed by atoms with E-state index in [1.807, 2.05) is 12.1 Å². The number of rotatable bonds is 4. The second-order valence-corrected chi connectivity index (χ2v) is 6.54. The van der Waals surface area contributed by atoms with Crippen LogP contribution in [0.3, 0.4) is 0 Å². The summed E-state index contributed by atoms with van der Waals surface area (Å²) in [7, 11) is 0. The standard InChI is InChI=1S/C12H15Br2F/c1-8(5-9(2)13)6-10-3-4-11(14)7-12(10)15/h3-4,7-9H,5-6H2,1-2H3. The zero-order chi connectivity index (χ0) is 11.4. The molecule has 0 radical (unpaired) electrons. The molecular weight excluding hydrogens is 323 g/mol. The van der Waals surface area contributed by atoms with Crippen LogP contribution in [-0.4, -0.2) is 4.83 Å². The van der Waals surface area contributed by atoms with Gasteiger partial charge in [0.15, 0.2) is 0 Å². The highest BCUT2D eigenvalue weighted by atomic mass is 79.9. The monoisotopic (exact) mass is 336 g/mol. The van der Waals surface area contributed by atoms with Crippen molar-refractivity contribution in [1.29, 1.82) is 0 Å². The predicted molar refractivity (Wildman–Crippen MR) is 70.0 cm³/mol. The van der Waals surface area contributed by atoms with Crippen molar-refractivity contribution in [3.63, 3.8) is 0 Å². The van der Waals surface area contributed by atoms with Crippen LogP contribution in [0.2, 0.25) is 0 Å². The first kappa shape index (κ1) is 13.2. The second kappa shape index (κ2) is 6.00. The van der Waals surface area contributed by atoms with Crippen molar-refractivity contribution in [3.05, 3.63) is 34.1 Å². The van der Waals surface area contributed by atoms with E-state index in [1.54, 1.807) is 0 Å². The molecule has 0 saturated heterocycles. The van der Waals surface area contributed by atoms with E-state index in [-0.39, 0.29) is 5.82 Å². The van der Waals surface area contributed by atoms with Crippen LogP contribution in [0.5, 0.6) is 0 Å². The maximum absolute atomic E-state index is 13.5. The van der Waals surface area contributed by atoms with Crippen molar-refractivity contribution in [2.45, 2.75) is 31.5 Å². The topological polar surface area (TPSA) is 0 Å². The summed E-state index contributed by atoms with van der Waals surface area (Å²) in [6, 6.07) is 5.27. The third-order valence-electron chi connectivity index (χ3n) is 2.31. The van der Waals surface area contributed by atoms with E-state index in [9.17, 15) is 4.39 Å². The third-order valence-corrected chi connectivity index (χ3v) is 3.18. The molecule has 0 amide bonds. The summed E-state index contributed by atoms with van der Waals surface area (Å²) in [5.41, 5.74) is 0.804. The Hall–Kier alpha value is 0.110. The van der Waals surface area contributed by atoms with Gasteiger partial charge in [-0.25, -0.2) is 4.39 Å². The molecule has 0 N–H and O–H groups in total. The molecule has 0 aliphatic heterocycles. The van der Waals surface area contributed by atoms with Gasteiger partial charge in [-0.3, -0.25) is 0 Å². The molecule has 84 valence electrons. The maximum atomic E-state index is 13.5. The minimum atomic E-state index is -0.113. The number of benzene rings is 1. The molecule has 1 rings (SSSR count). The first-order valence-electron chi connectivity index (χ1n) is 5.07. The summed E-state index contributed by atoms with van der Waals surface area (Å²) in [5, 5.41) is 0. The Balaban J connectivity index is 2.64. The van der Waals surface area contributed by atoms with Gasteiger partial charge >= 0.3 is 0 Å². The Bertz CT molecular complexity index is 323. The minimum Gasteiger partial charge on any atom is -0.207 e. The molecule has 1 aromatic rings. The third kappa shape index (κ3) is 4.64. The molecule has 0 heterocycles. The van der Waals surface area contributed by atoms with Gasteiger partial charge in [-0.05, 0) is 36.5 Å². The van der Waals surface area contributed by atoms with Crippen LogP contribution in [-0.2, 0) is 6.42 Å². The fourth-order valence-electron chi connectivity index (χ4n) is 1.70. The lowest BCUT2D eigenvalue weighted by atomic mass is 9.97. The predicted octanol–water partition coefficient (Wildman–Crippen LogP) is 4.94. The largest absolute Gasteiger partial charge is 0.207 e. The van der Waals surface area contributed by atoms with Gasteiger partial charge in [-0.2, -0.15) is 0 Å². The van der Waals surface area contributed by atoms with Gasteiger partial charge in [-0.1, -0.05) is 51.8 Å². The number of alkyl halides is 1. The molecule has 0 saturated carbocycles. The van der Waals surface area contributed by atoms with E-state index in [0.717, 1.165) is 22.9 Å². The normalized spacial score (nSPS) is 15.0. The fraction of sp³-hybridized carbons (Fsp3) is 0.500. The SMILES string of the molecule is CC(Br)CC(C)Cc1ccc(Br)cc1F. The van der Waals surface area contributed by atoms with E-state index in [0.29, 0.717) is 10.7 Å². The summed E-state index contributed by atoms with van der Waals surface area (Å²) in [4.78, 5) is 0.492. The van der Waals surface area contributed by atoms with Crippen molar-refractivity contribution < 1.29 is 4.39 Å². The smallest absolute Gasteiger partial charge is 0.127 e. The average molecular weight is 338 g/mol. The highest BCUT2D eigenvalue weighted by Crippen LogP contribution is 2.21. The molecule has 1 aromatic carbocycles. The van der Waals surface area contributed by atoms with E-state index in [2.05, 4.69) is 45.7 Å². The molecule has 0 aliphatic carbocycles. The summed E-state index contributed by atoms with van der Waals surface area (Å²) >= 11 is 6.77. The first-order valence-corrected chi connectivity index (χ1v) is 6.78. The van der Waals surface area contributed by atoms with E-state index >= 15 is 0 Å². The van der Waals surface area contributed by atoms with Crippen LogP contribution in [0.25, 0.3) is 0 Å². The molecular formula is C12H15Br2F. The Morgan fingerprint density at radius 1 is 1.33 bits per heavy atom. The van der Waals surface area contributed by atoms with Gasteiger partial charge in [0.25, 0.3) is 0 Å². The van der Waals surface area contributed by atoms with E-state index in [1.165, 1.54) is 6.07 Å². The summed E-state index contributed by atoms with van der Waals surface area (Å²) in [6.07, 6.45) is 1.87. The molecule has 0 spiro atoms. The van der Waals surface area contributed by atoms with Crippen LogP contribution in [0.15, 0.2) is 22.7 Å². The van der Waals surface area contributed by atoms with Gasteiger partial charge in [0, 0.05) is 9.30 Å². The minimum absolute atomic E-state index is 0.113. The Morgan fingerprint density at radius 2 is 2.00 bits per heavy atom. The summed E-state index contributed by atoms with van der Waals surface area (Å²) < 4.78 is 14.3. The van der Waals surface area contributed by atoms with Gasteiger partial charge in [0.1, 0.15) is 5.82 Å². The van der Waals surface area contributed by atoms with E-state index < -0.39 is 0 Å². The average Bonchev–Trinajstić information content (AvgIpc) is 2.08. The number of hydrogen-bond donors (Lipinski definition) is 0. The molecule has 0 aromatic heterocycles. The van der Waals surface area contributed by atoms with Crippen LogP contribution >= 0.6 is 31.9 Å². The van der Waals surface area contributed by atoms with Crippen molar-refractivity contribution in [2.75, 3.05) is 0 Å². The summed E-state index contributed by atoms with van der Waals surface area (Å²) in [5.74, 6) is 0.383. The fourth-order valence-corrected chi connectivity index (χ4v) is 2.67. The lowest BCUT2D eigenvalue weighted by Crippen LogP contribution is -2.06. The van der Waals surface area contributed by atoms with Crippen LogP contribution in [0, 0.1) is 11.7 Å². The molecule has 2 atom stereocenters. The Labute approximate surface area is 108 Å². The number of halogens is 3. The summed E-state index contributed by atoms with van der Waals surface area (Å²) in [6.45, 7) is 4.27. The van der Waals surface area contributed by atoms with Gasteiger partial charge < -0.3 is 0 Å². The van der Waals surface area contributed by atoms with Crippen molar-refractivity contribution in [1.82, 2.24) is 0 Å². The van der Waals surface area contributed by atoms with Crippen LogP contribution in [0.1, 0.15) is 25.8 Å². The molecule has 0 bridgehead atoms. The van der Waals surface area contributed by atoms with Crippen molar-refractivity contribution >= 4 is 31.9 Å². The van der Waals surface area contributed by atoms with Gasteiger partial charge in [-0.15, -0.1) is 0 Å². The number of hydrogen-bond acceptors (Lipinski definition) is 0. The van der Waals surface area contributed by atoms with E-state index in [4.69, 9.17) is 0 Å². The highest BCUT2D eigenvalue weighted by molar-refractivity contribution is 9.10. The van der Waals surface area contributed by atoms with Gasteiger partial charge in [0.2, 0.25) is 0 Å². The molecule has 0 nitrogen and oxygen atoms in total. The lowest BCUT2D eigenvalue weighted by molar-refractivity contribution is 0.512. The zero-order valence-electron chi connectivity index (χ0n) is 8.93. The van der Waals surface area contributed by atoms with Crippen molar-refractivity contribution in [2.24, 2.45) is 5.92 Å². The van der Waals surface area contributed by atoms with Gasteiger partial charge in [0.05, 0.1) is 0 Å². The Morgan fingerprint density at radius 3 is 2.53 bits per heavy atom. The quantitative estimate of drug-likeness (QED) is 0.682. The molecule has 3 heteroatoms. The molecule has 2 unspecified atom stereocenters. The first-order chi connectivity index (χ1) is 6.99. The Kier molecular flexibility index (Phi) is 5.27. The molecule has 0 fully saturated rings. The second-order valence-electron chi connectivity index (χ2n) is 4.06. The lowest BCUT2D eigenvalue weighted by Gasteiger charge is -2.13. The van der Waals surface area contributed by atoms with Crippen LogP contribution < -0.4 is 0 Å². The van der Waals surface area contributed by atoms with Crippen LogP contribution in [0.4, 0.5) is 4.39 Å². The molecule has 15 heavy (non-hydrogen) atoms. The van der Waals surface area contributed by atoms with Crippen molar-refractivity contribution in [3.8, 4) is 0 Å². The molecule has 0 aliphatic rings. The zero-order valence-corrected chi connectivity index (χ0v) is 12.1. The highest BCUT2D eigenvalue weighted by Gasteiger charge is 2.10.